The molecule has 1 heterocycles. The Bertz CT molecular complexity index is 419. The predicted octanol–water partition coefficient (Wildman–Crippen LogP) is 7.74. The van der Waals surface area contributed by atoms with Crippen molar-refractivity contribution in [3.8, 4) is 0 Å². The second kappa shape index (κ2) is 17.5. The zero-order chi connectivity index (χ0) is 17.8. The number of aliphatic imine (C=N–C) groups is 1. The molecule has 0 aliphatic rings. The monoisotopic (exact) mass is 345 g/mol. The van der Waals surface area contributed by atoms with Gasteiger partial charge in [0.25, 0.3) is 0 Å². The molecule has 0 bridgehead atoms. The van der Waals surface area contributed by atoms with Gasteiger partial charge in [-0.25, -0.2) is 0 Å². The summed E-state index contributed by atoms with van der Waals surface area (Å²) < 4.78 is 5.21. The third-order valence-corrected chi connectivity index (χ3v) is 4.56. The number of unbranched alkanes of at least 4 members (excludes halogenated alkanes) is 12. The molecule has 0 saturated heterocycles. The third-order valence-electron chi connectivity index (χ3n) is 4.56. The van der Waals surface area contributed by atoms with Crippen molar-refractivity contribution in [1.29, 1.82) is 0 Å². The number of allylic oxidation sites excluding steroid dienone is 2. The standard InChI is InChI=1S/C23H39NO/c1-2-3-4-5-6-7-8-9-10-11-12-13-14-15-16-17-20-24-22-23-19-18-21-25-23/h9-10,18-19,21-22H,2-8,11-17,20H2,1H3. The predicted molar refractivity (Wildman–Crippen MR) is 111 cm³/mol. The first kappa shape index (κ1) is 21.7. The molecule has 1 aromatic rings. The summed E-state index contributed by atoms with van der Waals surface area (Å²) in [4.78, 5) is 4.39. The SMILES string of the molecule is CCCCCCCCC=CCCCCCCCCN=Cc1ccco1. The van der Waals surface area contributed by atoms with Crippen LogP contribution in [0.3, 0.4) is 0 Å². The van der Waals surface area contributed by atoms with Crippen LogP contribution in [0.1, 0.15) is 103 Å². The van der Waals surface area contributed by atoms with Gasteiger partial charge < -0.3 is 4.42 Å². The van der Waals surface area contributed by atoms with E-state index in [0.29, 0.717) is 0 Å². The van der Waals surface area contributed by atoms with Crippen LogP contribution in [-0.2, 0) is 0 Å². The largest absolute Gasteiger partial charge is 0.463 e. The molecule has 1 rings (SSSR count). The highest BCUT2D eigenvalue weighted by molar-refractivity contribution is 5.75. The van der Waals surface area contributed by atoms with Crippen LogP contribution < -0.4 is 0 Å². The summed E-state index contributed by atoms with van der Waals surface area (Å²) in [5.41, 5.74) is 0. The topological polar surface area (TPSA) is 25.5 Å². The highest BCUT2D eigenvalue weighted by atomic mass is 16.3. The Morgan fingerprint density at radius 2 is 1.40 bits per heavy atom. The van der Waals surface area contributed by atoms with E-state index >= 15 is 0 Å². The lowest BCUT2D eigenvalue weighted by Crippen LogP contribution is -1.85. The van der Waals surface area contributed by atoms with Crippen molar-refractivity contribution in [2.45, 2.75) is 96.8 Å². The molecule has 2 nitrogen and oxygen atoms in total. The molecule has 0 aromatic carbocycles. The maximum absolute atomic E-state index is 5.21. The van der Waals surface area contributed by atoms with E-state index in [4.69, 9.17) is 4.42 Å². The van der Waals surface area contributed by atoms with Crippen LogP contribution in [0.4, 0.5) is 0 Å². The Kier molecular flexibility index (Phi) is 15.2. The number of nitrogens with zero attached hydrogens (tertiary/aromatic N) is 1. The minimum atomic E-state index is 0.851. The molecule has 0 fully saturated rings. The van der Waals surface area contributed by atoms with E-state index in [9.17, 15) is 0 Å². The van der Waals surface area contributed by atoms with E-state index in [1.165, 1.54) is 89.9 Å². The third kappa shape index (κ3) is 14.7. The molecule has 0 spiro atoms. The zero-order valence-electron chi connectivity index (χ0n) is 16.4. The number of furan rings is 1. The Morgan fingerprint density at radius 1 is 0.800 bits per heavy atom. The van der Waals surface area contributed by atoms with Crippen molar-refractivity contribution in [3.63, 3.8) is 0 Å². The van der Waals surface area contributed by atoms with E-state index < -0.39 is 0 Å². The van der Waals surface area contributed by atoms with Crippen LogP contribution in [0.15, 0.2) is 40.0 Å². The summed E-state index contributed by atoms with van der Waals surface area (Å²) in [6.45, 7) is 3.20. The van der Waals surface area contributed by atoms with Gasteiger partial charge >= 0.3 is 0 Å². The van der Waals surface area contributed by atoms with Crippen LogP contribution >= 0.6 is 0 Å². The molecule has 0 N–H and O–H groups in total. The van der Waals surface area contributed by atoms with E-state index in [2.05, 4.69) is 24.1 Å². The fraction of sp³-hybridized carbons (Fsp3) is 0.696. The molecule has 0 aliphatic carbocycles. The Balaban J connectivity index is 1.74. The number of hydrogen-bond donors (Lipinski definition) is 0. The van der Waals surface area contributed by atoms with Gasteiger partial charge in [-0.05, 0) is 44.2 Å². The summed E-state index contributed by atoms with van der Waals surface area (Å²) in [7, 11) is 0. The summed E-state index contributed by atoms with van der Waals surface area (Å²) in [6.07, 6.45) is 27.2. The summed E-state index contributed by atoms with van der Waals surface area (Å²) in [6, 6.07) is 3.83. The number of hydrogen-bond acceptors (Lipinski definition) is 2. The Hall–Kier alpha value is -1.31. The van der Waals surface area contributed by atoms with E-state index in [0.717, 1.165) is 12.3 Å². The van der Waals surface area contributed by atoms with Crippen LogP contribution in [0.25, 0.3) is 0 Å². The van der Waals surface area contributed by atoms with Crippen molar-refractivity contribution >= 4 is 6.21 Å². The highest BCUT2D eigenvalue weighted by Gasteiger charge is 1.92. The molecule has 0 atom stereocenters. The summed E-state index contributed by atoms with van der Waals surface area (Å²) in [5.74, 6) is 0.851. The zero-order valence-corrected chi connectivity index (χ0v) is 16.4. The second-order valence-corrected chi connectivity index (χ2v) is 6.99. The molecule has 0 unspecified atom stereocenters. The van der Waals surface area contributed by atoms with Crippen molar-refractivity contribution in [2.24, 2.45) is 4.99 Å². The molecule has 25 heavy (non-hydrogen) atoms. The summed E-state index contributed by atoms with van der Waals surface area (Å²) >= 11 is 0. The van der Waals surface area contributed by atoms with Gasteiger partial charge in [0.2, 0.25) is 0 Å². The molecule has 0 saturated carbocycles. The first-order chi connectivity index (χ1) is 12.4. The maximum Gasteiger partial charge on any atom is 0.144 e. The van der Waals surface area contributed by atoms with E-state index in [1.54, 1.807) is 6.26 Å². The lowest BCUT2D eigenvalue weighted by atomic mass is 10.1. The molecule has 0 aliphatic heterocycles. The minimum absolute atomic E-state index is 0.851. The quantitative estimate of drug-likeness (QED) is 0.161. The van der Waals surface area contributed by atoms with Crippen molar-refractivity contribution < 1.29 is 4.42 Å². The fourth-order valence-corrected chi connectivity index (χ4v) is 2.97. The van der Waals surface area contributed by atoms with Crippen LogP contribution in [0.5, 0.6) is 0 Å². The Morgan fingerprint density at radius 3 is 2.00 bits per heavy atom. The van der Waals surface area contributed by atoms with Gasteiger partial charge in [-0.15, -0.1) is 0 Å². The minimum Gasteiger partial charge on any atom is -0.463 e. The molecular formula is C23H39NO. The average Bonchev–Trinajstić information content (AvgIpc) is 3.14. The first-order valence-corrected chi connectivity index (χ1v) is 10.6. The average molecular weight is 346 g/mol. The van der Waals surface area contributed by atoms with Crippen LogP contribution in [-0.4, -0.2) is 12.8 Å². The fourth-order valence-electron chi connectivity index (χ4n) is 2.97. The number of rotatable bonds is 17. The molecule has 142 valence electrons. The molecule has 2 heteroatoms. The van der Waals surface area contributed by atoms with Gasteiger partial charge in [-0.2, -0.15) is 0 Å². The van der Waals surface area contributed by atoms with Crippen LogP contribution in [0, 0.1) is 0 Å². The van der Waals surface area contributed by atoms with Crippen molar-refractivity contribution in [2.75, 3.05) is 6.54 Å². The summed E-state index contributed by atoms with van der Waals surface area (Å²) in [5, 5.41) is 0. The van der Waals surface area contributed by atoms with Gasteiger partial charge in [0.05, 0.1) is 12.5 Å². The van der Waals surface area contributed by atoms with Crippen molar-refractivity contribution in [3.05, 3.63) is 36.3 Å². The van der Waals surface area contributed by atoms with Gasteiger partial charge in [0, 0.05) is 6.54 Å². The smallest absolute Gasteiger partial charge is 0.144 e. The molecule has 1 aromatic heterocycles. The van der Waals surface area contributed by atoms with Crippen LogP contribution in [0.2, 0.25) is 0 Å². The lowest BCUT2D eigenvalue weighted by Gasteiger charge is -1.99. The molecule has 0 radical (unpaired) electrons. The van der Waals surface area contributed by atoms with Gasteiger partial charge in [-0.1, -0.05) is 76.9 Å². The maximum atomic E-state index is 5.21. The van der Waals surface area contributed by atoms with E-state index in [1.807, 2.05) is 18.3 Å². The van der Waals surface area contributed by atoms with Crippen molar-refractivity contribution in [1.82, 2.24) is 0 Å². The molecular weight excluding hydrogens is 306 g/mol. The Labute approximate surface area is 155 Å². The van der Waals surface area contributed by atoms with E-state index in [-0.39, 0.29) is 0 Å². The second-order valence-electron chi connectivity index (χ2n) is 6.99. The van der Waals surface area contributed by atoms with Gasteiger partial charge in [0.1, 0.15) is 5.76 Å². The highest BCUT2D eigenvalue weighted by Crippen LogP contribution is 2.10. The normalized spacial score (nSPS) is 11.9. The first-order valence-electron chi connectivity index (χ1n) is 10.6. The van der Waals surface area contributed by atoms with Gasteiger partial charge in [-0.3, -0.25) is 4.99 Å². The lowest BCUT2D eigenvalue weighted by molar-refractivity contribution is 0.559. The molecule has 0 amide bonds. The van der Waals surface area contributed by atoms with Gasteiger partial charge in [0.15, 0.2) is 0 Å².